The molecule has 0 bridgehead atoms. The first kappa shape index (κ1) is 13.3. The Hall–Kier alpha value is -1.75. The molecule has 1 aromatic carbocycles. The third kappa shape index (κ3) is 3.64. The zero-order valence-electron chi connectivity index (χ0n) is 9.91. The van der Waals surface area contributed by atoms with Gasteiger partial charge in [-0.1, -0.05) is 17.2 Å². The van der Waals surface area contributed by atoms with Gasteiger partial charge in [0.1, 0.15) is 5.75 Å². The van der Waals surface area contributed by atoms with Crippen LogP contribution in [0.1, 0.15) is 17.2 Å². The largest absolute Gasteiger partial charge is 0.508 e. The topological polar surface area (TPSA) is 92.5 Å². The molecule has 0 fully saturated rings. The van der Waals surface area contributed by atoms with E-state index < -0.39 is 6.04 Å². The monoisotopic (exact) mass is 236 g/mol. The van der Waals surface area contributed by atoms with Crippen molar-refractivity contribution in [3.05, 3.63) is 39.8 Å². The van der Waals surface area contributed by atoms with E-state index in [0.717, 1.165) is 5.56 Å². The summed E-state index contributed by atoms with van der Waals surface area (Å²) < 4.78 is 0. The Bertz CT molecular complexity index is 427. The van der Waals surface area contributed by atoms with Gasteiger partial charge in [0.15, 0.2) is 0 Å². The van der Waals surface area contributed by atoms with E-state index in [1.165, 1.54) is 0 Å². The summed E-state index contributed by atoms with van der Waals surface area (Å²) in [6.07, 6.45) is 0. The summed E-state index contributed by atoms with van der Waals surface area (Å²) in [5, 5.41) is 22.3. The summed E-state index contributed by atoms with van der Waals surface area (Å²) in [5.41, 5.74) is 9.82. The third-order valence-corrected chi connectivity index (χ3v) is 2.34. The predicted octanol–water partition coefficient (Wildman–Crippen LogP) is 1.80. The summed E-state index contributed by atoms with van der Waals surface area (Å²) in [6.45, 7) is 0.324. The highest BCUT2D eigenvalue weighted by molar-refractivity contribution is 5.37. The molecule has 0 saturated heterocycles. The molecule has 1 unspecified atom stereocenters. The number of rotatable bonds is 5. The first-order chi connectivity index (χ1) is 8.08. The molecule has 2 N–H and O–H groups in total. The molecule has 0 aliphatic carbocycles. The lowest BCUT2D eigenvalue weighted by molar-refractivity contribution is 0.267. The minimum absolute atomic E-state index is 0.195. The van der Waals surface area contributed by atoms with Crippen LogP contribution in [0.25, 0.3) is 10.4 Å². The lowest BCUT2D eigenvalue weighted by Gasteiger charge is -2.14. The molecule has 0 spiro atoms. The molecule has 1 aromatic rings. The number of phenols is 1. The summed E-state index contributed by atoms with van der Waals surface area (Å²) in [5.74, 6) is 0.195. The molecular weight excluding hydrogens is 220 g/mol. The first-order valence-electron chi connectivity index (χ1n) is 5.20. The van der Waals surface area contributed by atoms with Gasteiger partial charge in [0, 0.05) is 17.0 Å². The molecule has 0 saturated carbocycles. The Morgan fingerprint density at radius 2 is 2.18 bits per heavy atom. The van der Waals surface area contributed by atoms with Gasteiger partial charge in [-0.3, -0.25) is 0 Å². The lowest BCUT2D eigenvalue weighted by Crippen LogP contribution is -2.11. The minimum Gasteiger partial charge on any atom is -0.508 e. The normalized spacial score (nSPS) is 12.2. The summed E-state index contributed by atoms with van der Waals surface area (Å²) >= 11 is 0. The van der Waals surface area contributed by atoms with Gasteiger partial charge in [-0.05, 0) is 31.3 Å². The second-order valence-corrected chi connectivity index (χ2v) is 4.03. The quantitative estimate of drug-likeness (QED) is 0.463. The second kappa shape index (κ2) is 6.10. The standard InChI is InChI=1S/C11H16N4O2/c1-15(2)6-9-5-8(3-4-11(9)17)10(7-16)13-14-12/h3-5,10,16-17H,6-7H2,1-2H3. The van der Waals surface area contributed by atoms with Gasteiger partial charge < -0.3 is 15.1 Å². The Labute approximate surface area is 99.7 Å². The van der Waals surface area contributed by atoms with Crippen LogP contribution in [-0.2, 0) is 6.54 Å². The van der Waals surface area contributed by atoms with E-state index in [4.69, 9.17) is 10.6 Å². The average molecular weight is 236 g/mol. The molecule has 1 rings (SSSR count). The second-order valence-electron chi connectivity index (χ2n) is 4.03. The number of aromatic hydroxyl groups is 1. The van der Waals surface area contributed by atoms with Crippen LogP contribution in [0.2, 0.25) is 0 Å². The summed E-state index contributed by atoms with van der Waals surface area (Å²) in [4.78, 5) is 4.61. The molecule has 0 heterocycles. The van der Waals surface area contributed by atoms with Gasteiger partial charge in [0.2, 0.25) is 0 Å². The Morgan fingerprint density at radius 3 is 2.71 bits per heavy atom. The van der Waals surface area contributed by atoms with E-state index in [9.17, 15) is 5.11 Å². The molecular formula is C11H16N4O2. The van der Waals surface area contributed by atoms with Crippen molar-refractivity contribution in [1.82, 2.24) is 4.90 Å². The van der Waals surface area contributed by atoms with Gasteiger partial charge in [-0.25, -0.2) is 0 Å². The Balaban J connectivity index is 3.05. The third-order valence-electron chi connectivity index (χ3n) is 2.34. The maximum absolute atomic E-state index is 9.68. The van der Waals surface area contributed by atoms with E-state index in [2.05, 4.69) is 10.0 Å². The number of aliphatic hydroxyl groups is 1. The minimum atomic E-state index is -0.610. The molecule has 0 radical (unpaired) electrons. The van der Waals surface area contributed by atoms with Crippen LogP contribution in [0.3, 0.4) is 0 Å². The van der Waals surface area contributed by atoms with Crippen LogP contribution in [0, 0.1) is 0 Å². The van der Waals surface area contributed by atoms with Crippen molar-refractivity contribution < 1.29 is 10.2 Å². The van der Waals surface area contributed by atoms with Gasteiger partial charge in [-0.15, -0.1) is 0 Å². The van der Waals surface area contributed by atoms with E-state index >= 15 is 0 Å². The highest BCUT2D eigenvalue weighted by atomic mass is 16.3. The van der Waals surface area contributed by atoms with Crippen molar-refractivity contribution in [2.24, 2.45) is 5.11 Å². The lowest BCUT2D eigenvalue weighted by atomic mass is 10.0. The fourth-order valence-electron chi connectivity index (χ4n) is 1.55. The van der Waals surface area contributed by atoms with Crippen LogP contribution >= 0.6 is 0 Å². The molecule has 0 aliphatic heterocycles. The molecule has 1 atom stereocenters. The molecule has 17 heavy (non-hydrogen) atoms. The zero-order valence-corrected chi connectivity index (χ0v) is 9.91. The molecule has 6 nitrogen and oxygen atoms in total. The van der Waals surface area contributed by atoms with Gasteiger partial charge in [-0.2, -0.15) is 0 Å². The Morgan fingerprint density at radius 1 is 1.47 bits per heavy atom. The number of azide groups is 1. The Kier molecular flexibility index (Phi) is 4.78. The van der Waals surface area contributed by atoms with Crippen LogP contribution < -0.4 is 0 Å². The fourth-order valence-corrected chi connectivity index (χ4v) is 1.55. The van der Waals surface area contributed by atoms with Crippen molar-refractivity contribution in [2.45, 2.75) is 12.6 Å². The van der Waals surface area contributed by atoms with Gasteiger partial charge >= 0.3 is 0 Å². The number of nitrogens with zero attached hydrogens (tertiary/aromatic N) is 4. The maximum Gasteiger partial charge on any atom is 0.120 e. The van der Waals surface area contributed by atoms with E-state index in [0.29, 0.717) is 12.1 Å². The van der Waals surface area contributed by atoms with Crippen molar-refractivity contribution in [3.63, 3.8) is 0 Å². The smallest absolute Gasteiger partial charge is 0.120 e. The average Bonchev–Trinajstić information content (AvgIpc) is 2.28. The summed E-state index contributed by atoms with van der Waals surface area (Å²) in [7, 11) is 3.78. The number of benzene rings is 1. The molecule has 92 valence electrons. The van der Waals surface area contributed by atoms with E-state index in [-0.39, 0.29) is 12.4 Å². The van der Waals surface area contributed by atoms with Gasteiger partial charge in [0.25, 0.3) is 0 Å². The molecule has 0 aliphatic rings. The van der Waals surface area contributed by atoms with Crippen molar-refractivity contribution in [2.75, 3.05) is 20.7 Å². The zero-order chi connectivity index (χ0) is 12.8. The van der Waals surface area contributed by atoms with Crippen molar-refractivity contribution >= 4 is 0 Å². The fraction of sp³-hybridized carbons (Fsp3) is 0.455. The van der Waals surface area contributed by atoms with Crippen molar-refractivity contribution in [3.8, 4) is 5.75 Å². The number of phenolic OH excluding ortho intramolecular Hbond substituents is 1. The predicted molar refractivity (Wildman–Crippen MR) is 64.5 cm³/mol. The number of hydrogen-bond acceptors (Lipinski definition) is 4. The van der Waals surface area contributed by atoms with E-state index in [1.807, 2.05) is 19.0 Å². The highest BCUT2D eigenvalue weighted by Crippen LogP contribution is 2.25. The van der Waals surface area contributed by atoms with Crippen molar-refractivity contribution in [1.29, 1.82) is 0 Å². The van der Waals surface area contributed by atoms with E-state index in [1.54, 1.807) is 18.2 Å². The molecule has 6 heteroatoms. The maximum atomic E-state index is 9.68. The van der Waals surface area contributed by atoms with Gasteiger partial charge in [0.05, 0.1) is 12.6 Å². The molecule has 0 amide bonds. The SMILES string of the molecule is CN(C)Cc1cc(C(CO)N=[N+]=[N-])ccc1O. The van der Waals surface area contributed by atoms with Crippen LogP contribution in [0.5, 0.6) is 5.75 Å². The number of hydrogen-bond donors (Lipinski definition) is 2. The van der Waals surface area contributed by atoms with Crippen LogP contribution in [0.15, 0.2) is 23.3 Å². The molecule has 0 aromatic heterocycles. The first-order valence-corrected chi connectivity index (χ1v) is 5.20. The van der Waals surface area contributed by atoms with Crippen LogP contribution in [0.4, 0.5) is 0 Å². The number of aliphatic hydroxyl groups excluding tert-OH is 1. The van der Waals surface area contributed by atoms with Crippen LogP contribution in [-0.4, -0.2) is 35.8 Å². The summed E-state index contributed by atoms with van der Waals surface area (Å²) in [6, 6.07) is 4.32. The highest BCUT2D eigenvalue weighted by Gasteiger charge is 2.11.